The molecular formula is C16H14N6OS. The Balaban J connectivity index is 1.45. The van der Waals surface area contributed by atoms with Crippen LogP contribution in [0, 0.1) is 6.92 Å². The third-order valence-electron chi connectivity index (χ3n) is 3.53. The van der Waals surface area contributed by atoms with Crippen molar-refractivity contribution in [3.8, 4) is 16.5 Å². The monoisotopic (exact) mass is 338 g/mol. The first-order valence-corrected chi connectivity index (χ1v) is 8.23. The lowest BCUT2D eigenvalue weighted by Crippen LogP contribution is -2.02. The van der Waals surface area contributed by atoms with Crippen molar-refractivity contribution in [1.82, 2.24) is 25.0 Å². The van der Waals surface area contributed by atoms with Gasteiger partial charge in [-0.2, -0.15) is 5.10 Å². The van der Waals surface area contributed by atoms with Crippen molar-refractivity contribution >= 4 is 17.4 Å². The SMILES string of the molecule is Cc1cc(CNc2nnc(-c3cccs3)o2)ccc1-n1cncn1. The van der Waals surface area contributed by atoms with E-state index in [4.69, 9.17) is 4.42 Å². The van der Waals surface area contributed by atoms with Gasteiger partial charge in [-0.15, -0.1) is 16.4 Å². The topological polar surface area (TPSA) is 81.7 Å². The molecule has 0 saturated carbocycles. The average Bonchev–Trinajstić information content (AvgIpc) is 3.33. The maximum Gasteiger partial charge on any atom is 0.316 e. The van der Waals surface area contributed by atoms with Gasteiger partial charge in [-0.1, -0.05) is 23.3 Å². The fourth-order valence-electron chi connectivity index (χ4n) is 2.39. The van der Waals surface area contributed by atoms with Crippen molar-refractivity contribution in [3.05, 3.63) is 59.5 Å². The molecule has 0 spiro atoms. The van der Waals surface area contributed by atoms with Gasteiger partial charge in [0.15, 0.2) is 0 Å². The third-order valence-corrected chi connectivity index (χ3v) is 4.39. The van der Waals surface area contributed by atoms with Crippen LogP contribution in [-0.4, -0.2) is 25.0 Å². The van der Waals surface area contributed by atoms with Crippen molar-refractivity contribution in [2.45, 2.75) is 13.5 Å². The molecule has 4 aromatic rings. The summed E-state index contributed by atoms with van der Waals surface area (Å²) in [4.78, 5) is 4.94. The Morgan fingerprint density at radius 2 is 2.21 bits per heavy atom. The number of benzene rings is 1. The van der Waals surface area contributed by atoms with Crippen LogP contribution in [0.5, 0.6) is 0 Å². The molecule has 8 heteroatoms. The highest BCUT2D eigenvalue weighted by atomic mass is 32.1. The highest BCUT2D eigenvalue weighted by molar-refractivity contribution is 7.13. The van der Waals surface area contributed by atoms with E-state index >= 15 is 0 Å². The van der Waals surface area contributed by atoms with Crippen LogP contribution in [0.25, 0.3) is 16.5 Å². The first kappa shape index (κ1) is 14.6. The van der Waals surface area contributed by atoms with Crippen molar-refractivity contribution in [3.63, 3.8) is 0 Å². The summed E-state index contributed by atoms with van der Waals surface area (Å²) in [6.45, 7) is 2.65. The second kappa shape index (κ2) is 6.25. The zero-order chi connectivity index (χ0) is 16.4. The van der Waals surface area contributed by atoms with E-state index in [9.17, 15) is 0 Å². The molecule has 0 fully saturated rings. The number of nitrogens with one attached hydrogen (secondary N) is 1. The summed E-state index contributed by atoms with van der Waals surface area (Å²) in [5, 5.41) is 17.4. The zero-order valence-corrected chi connectivity index (χ0v) is 13.7. The Kier molecular flexibility index (Phi) is 3.80. The molecule has 0 aliphatic carbocycles. The highest BCUT2D eigenvalue weighted by Crippen LogP contribution is 2.24. The molecule has 3 aromatic heterocycles. The minimum Gasteiger partial charge on any atom is -0.403 e. The van der Waals surface area contributed by atoms with E-state index in [0.29, 0.717) is 18.5 Å². The normalized spacial score (nSPS) is 10.9. The number of nitrogens with zero attached hydrogens (tertiary/aromatic N) is 5. The Hall–Kier alpha value is -3.00. The molecule has 0 bridgehead atoms. The standard InChI is InChI=1S/C16H14N6OS/c1-11-7-12(4-5-13(11)22-10-17-9-19-22)8-18-16-21-20-15(23-16)14-3-2-6-24-14/h2-7,9-10H,8H2,1H3,(H,18,21). The summed E-state index contributed by atoms with van der Waals surface area (Å²) in [6, 6.07) is 10.5. The predicted molar refractivity (Wildman–Crippen MR) is 91.0 cm³/mol. The fourth-order valence-corrected chi connectivity index (χ4v) is 3.03. The number of rotatable bonds is 5. The molecule has 24 heavy (non-hydrogen) atoms. The summed E-state index contributed by atoms with van der Waals surface area (Å²) >= 11 is 1.57. The minimum atomic E-state index is 0.413. The van der Waals surface area contributed by atoms with Gasteiger partial charge in [0.2, 0.25) is 0 Å². The molecular weight excluding hydrogens is 324 g/mol. The lowest BCUT2D eigenvalue weighted by atomic mass is 10.1. The second-order valence-corrected chi connectivity index (χ2v) is 6.15. The first-order valence-electron chi connectivity index (χ1n) is 7.35. The van der Waals surface area contributed by atoms with Gasteiger partial charge in [-0.25, -0.2) is 9.67 Å². The van der Waals surface area contributed by atoms with Crippen LogP contribution in [0.3, 0.4) is 0 Å². The van der Waals surface area contributed by atoms with Crippen molar-refractivity contribution in [1.29, 1.82) is 0 Å². The van der Waals surface area contributed by atoms with Crippen molar-refractivity contribution < 1.29 is 4.42 Å². The molecule has 1 N–H and O–H groups in total. The van der Waals surface area contributed by atoms with Crippen LogP contribution < -0.4 is 5.32 Å². The van der Waals surface area contributed by atoms with Crippen LogP contribution in [0.1, 0.15) is 11.1 Å². The van der Waals surface area contributed by atoms with Crippen LogP contribution in [0.2, 0.25) is 0 Å². The smallest absolute Gasteiger partial charge is 0.316 e. The highest BCUT2D eigenvalue weighted by Gasteiger charge is 2.09. The number of aromatic nitrogens is 5. The third kappa shape index (κ3) is 2.91. The summed E-state index contributed by atoms with van der Waals surface area (Å²) < 4.78 is 7.37. The predicted octanol–water partition coefficient (Wildman–Crippen LogP) is 3.30. The number of thiophene rings is 1. The quantitative estimate of drug-likeness (QED) is 0.601. The Bertz CT molecular complexity index is 930. The van der Waals surface area contributed by atoms with E-state index in [2.05, 4.69) is 31.7 Å². The lowest BCUT2D eigenvalue weighted by molar-refractivity contribution is 0.582. The van der Waals surface area contributed by atoms with Gasteiger partial charge >= 0.3 is 6.01 Å². The summed E-state index contributed by atoms with van der Waals surface area (Å²) in [7, 11) is 0. The average molecular weight is 338 g/mol. The summed E-state index contributed by atoms with van der Waals surface area (Å²) in [5.74, 6) is 0.533. The molecule has 0 atom stereocenters. The largest absolute Gasteiger partial charge is 0.403 e. The Morgan fingerprint density at radius 1 is 1.25 bits per heavy atom. The molecule has 0 unspecified atom stereocenters. The fraction of sp³-hybridized carbons (Fsp3) is 0.125. The molecule has 0 saturated heterocycles. The molecule has 0 aliphatic rings. The van der Waals surface area contributed by atoms with E-state index in [1.807, 2.05) is 36.6 Å². The molecule has 0 radical (unpaired) electrons. The van der Waals surface area contributed by atoms with Crippen molar-refractivity contribution in [2.75, 3.05) is 5.32 Å². The second-order valence-electron chi connectivity index (χ2n) is 5.20. The Morgan fingerprint density at radius 3 is 2.96 bits per heavy atom. The Labute approximate surface area is 142 Å². The minimum absolute atomic E-state index is 0.413. The van der Waals surface area contributed by atoms with Crippen LogP contribution in [0.15, 0.2) is 52.8 Å². The summed E-state index contributed by atoms with van der Waals surface area (Å²) in [6.07, 6.45) is 3.21. The molecule has 1 aromatic carbocycles. The van der Waals surface area contributed by atoms with E-state index in [1.165, 1.54) is 6.33 Å². The van der Waals surface area contributed by atoms with Gasteiger partial charge < -0.3 is 9.73 Å². The lowest BCUT2D eigenvalue weighted by Gasteiger charge is -2.08. The maximum absolute atomic E-state index is 5.62. The van der Waals surface area contributed by atoms with Crippen LogP contribution in [0.4, 0.5) is 6.01 Å². The van der Waals surface area contributed by atoms with E-state index in [1.54, 1.807) is 22.3 Å². The number of anilines is 1. The molecule has 7 nitrogen and oxygen atoms in total. The molecule has 4 rings (SSSR count). The maximum atomic E-state index is 5.62. The molecule has 3 heterocycles. The van der Waals surface area contributed by atoms with Gasteiger partial charge in [0.05, 0.1) is 10.6 Å². The molecule has 0 amide bonds. The van der Waals surface area contributed by atoms with Gasteiger partial charge in [-0.3, -0.25) is 0 Å². The first-order chi connectivity index (χ1) is 11.8. The van der Waals surface area contributed by atoms with E-state index in [-0.39, 0.29) is 0 Å². The van der Waals surface area contributed by atoms with Gasteiger partial charge in [0.1, 0.15) is 12.7 Å². The number of aryl methyl sites for hydroxylation is 1. The van der Waals surface area contributed by atoms with Crippen LogP contribution >= 0.6 is 11.3 Å². The molecule has 0 aliphatic heterocycles. The number of hydrogen-bond acceptors (Lipinski definition) is 7. The van der Waals surface area contributed by atoms with Gasteiger partial charge in [-0.05, 0) is 35.6 Å². The van der Waals surface area contributed by atoms with Crippen LogP contribution in [-0.2, 0) is 6.54 Å². The van der Waals surface area contributed by atoms with Gasteiger partial charge in [0, 0.05) is 6.54 Å². The number of hydrogen-bond donors (Lipinski definition) is 1. The van der Waals surface area contributed by atoms with E-state index in [0.717, 1.165) is 21.7 Å². The van der Waals surface area contributed by atoms with Gasteiger partial charge in [0.25, 0.3) is 5.89 Å². The molecule has 120 valence electrons. The van der Waals surface area contributed by atoms with Crippen molar-refractivity contribution in [2.24, 2.45) is 0 Å². The van der Waals surface area contributed by atoms with E-state index < -0.39 is 0 Å². The zero-order valence-electron chi connectivity index (χ0n) is 12.9. The summed E-state index contributed by atoms with van der Waals surface area (Å²) in [5.41, 5.74) is 3.24.